The molecule has 1 atom stereocenters. The summed E-state index contributed by atoms with van der Waals surface area (Å²) in [4.78, 5) is 36.1. The van der Waals surface area contributed by atoms with Crippen LogP contribution in [0.5, 0.6) is 0 Å². The number of tetrazole rings is 1. The third-order valence-electron chi connectivity index (χ3n) is 3.82. The van der Waals surface area contributed by atoms with Gasteiger partial charge < -0.3 is 14.8 Å². The van der Waals surface area contributed by atoms with E-state index < -0.39 is 18.1 Å². The summed E-state index contributed by atoms with van der Waals surface area (Å²) in [6, 6.07) is 8.45. The maximum Gasteiger partial charge on any atom is 0.408 e. The van der Waals surface area contributed by atoms with Crippen molar-refractivity contribution in [2.75, 3.05) is 6.61 Å². The van der Waals surface area contributed by atoms with Crippen LogP contribution in [-0.4, -0.2) is 50.7 Å². The molecule has 1 unspecified atom stereocenters. The van der Waals surface area contributed by atoms with Gasteiger partial charge in [-0.15, -0.1) is 5.10 Å². The number of rotatable bonds is 10. The zero-order valence-electron chi connectivity index (χ0n) is 15.8. The van der Waals surface area contributed by atoms with E-state index in [0.29, 0.717) is 6.42 Å². The van der Waals surface area contributed by atoms with Gasteiger partial charge in [-0.05, 0) is 29.3 Å². The summed E-state index contributed by atoms with van der Waals surface area (Å²) in [5.74, 6) is -0.578. The van der Waals surface area contributed by atoms with Crippen LogP contribution >= 0.6 is 0 Å². The molecule has 28 heavy (non-hydrogen) atoms. The molecule has 1 heterocycles. The first-order valence-electron chi connectivity index (χ1n) is 8.94. The molecule has 0 bridgehead atoms. The Labute approximate surface area is 162 Å². The highest BCUT2D eigenvalue weighted by atomic mass is 16.5. The number of carbonyl (C=O) groups excluding carboxylic acids is 3. The molecule has 10 heteroatoms. The quantitative estimate of drug-likeness (QED) is 0.598. The average molecular weight is 389 g/mol. The molecule has 150 valence electrons. The first-order valence-corrected chi connectivity index (χ1v) is 8.94. The lowest BCUT2D eigenvalue weighted by Gasteiger charge is -2.16. The highest BCUT2D eigenvalue weighted by Crippen LogP contribution is 2.03. The molecule has 1 aromatic heterocycles. The number of esters is 1. The van der Waals surface area contributed by atoms with E-state index >= 15 is 0 Å². The number of nitrogens with zero attached hydrogens (tertiary/aromatic N) is 4. The van der Waals surface area contributed by atoms with E-state index in [1.807, 2.05) is 30.3 Å². The number of aromatic nitrogens is 4. The molecule has 1 amide bonds. The average Bonchev–Trinajstić information content (AvgIpc) is 3.11. The van der Waals surface area contributed by atoms with Gasteiger partial charge in [-0.25, -0.2) is 9.48 Å². The summed E-state index contributed by atoms with van der Waals surface area (Å²) in [5.41, 5.74) is 0.842. The lowest BCUT2D eigenvalue weighted by molar-refractivity contribution is -0.142. The molecule has 0 aliphatic rings. The number of amides is 1. The monoisotopic (exact) mass is 389 g/mol. The lowest BCUT2D eigenvalue weighted by atomic mass is 10.1. The van der Waals surface area contributed by atoms with Crippen LogP contribution in [0.15, 0.2) is 30.3 Å². The molecule has 10 nitrogen and oxygen atoms in total. The highest BCUT2D eigenvalue weighted by molar-refractivity contribution is 5.87. The highest BCUT2D eigenvalue weighted by Gasteiger charge is 2.22. The van der Waals surface area contributed by atoms with Gasteiger partial charge in [-0.3, -0.25) is 9.59 Å². The molecule has 0 saturated heterocycles. The largest absolute Gasteiger partial charge is 0.466 e. The van der Waals surface area contributed by atoms with Crippen molar-refractivity contribution in [1.29, 1.82) is 0 Å². The molecule has 1 N–H and O–H groups in total. The minimum absolute atomic E-state index is 0.105. The van der Waals surface area contributed by atoms with Crippen LogP contribution in [0.4, 0.5) is 4.79 Å². The van der Waals surface area contributed by atoms with E-state index in [2.05, 4.69) is 20.8 Å². The Balaban J connectivity index is 1.88. The third-order valence-corrected chi connectivity index (χ3v) is 3.82. The van der Waals surface area contributed by atoms with Crippen LogP contribution in [0.2, 0.25) is 0 Å². The Kier molecular flexibility index (Phi) is 8.07. The number of carbonyl (C=O) groups is 3. The van der Waals surface area contributed by atoms with E-state index in [-0.39, 0.29) is 37.8 Å². The van der Waals surface area contributed by atoms with Gasteiger partial charge >= 0.3 is 12.1 Å². The second-order valence-corrected chi connectivity index (χ2v) is 5.87. The summed E-state index contributed by atoms with van der Waals surface area (Å²) >= 11 is 0. The standard InChI is InChI=1S/C18H23N5O5/c1-3-14(19-18(26)28-12-13-8-6-5-7-9-13)15(24)11-23-16(20-21-22-23)10-17(25)27-4-2/h5-9,14H,3-4,10-12H2,1-2H3,(H,19,26). The molecule has 0 fully saturated rings. The molecule has 0 aliphatic heterocycles. The van der Waals surface area contributed by atoms with Gasteiger partial charge in [-0.1, -0.05) is 37.3 Å². The van der Waals surface area contributed by atoms with Gasteiger partial charge in [0.1, 0.15) is 19.6 Å². The van der Waals surface area contributed by atoms with Crippen molar-refractivity contribution in [3.63, 3.8) is 0 Å². The van der Waals surface area contributed by atoms with E-state index in [9.17, 15) is 14.4 Å². The topological polar surface area (TPSA) is 125 Å². The number of ether oxygens (including phenoxy) is 2. The smallest absolute Gasteiger partial charge is 0.408 e. The van der Waals surface area contributed by atoms with Crippen LogP contribution < -0.4 is 5.32 Å². The van der Waals surface area contributed by atoms with Crippen molar-refractivity contribution in [2.24, 2.45) is 0 Å². The second-order valence-electron chi connectivity index (χ2n) is 5.87. The second kappa shape index (κ2) is 10.8. The number of benzene rings is 1. The summed E-state index contributed by atoms with van der Waals surface area (Å²) < 4.78 is 11.2. The fraction of sp³-hybridized carbons (Fsp3) is 0.444. The Morgan fingerprint density at radius 3 is 2.57 bits per heavy atom. The normalized spacial score (nSPS) is 11.5. The number of ketones is 1. The van der Waals surface area contributed by atoms with E-state index in [0.717, 1.165) is 5.56 Å². The minimum atomic E-state index is -0.761. The van der Waals surface area contributed by atoms with Crippen molar-refractivity contribution >= 4 is 17.8 Å². The van der Waals surface area contributed by atoms with Crippen molar-refractivity contribution in [1.82, 2.24) is 25.5 Å². The van der Waals surface area contributed by atoms with Crippen molar-refractivity contribution in [3.05, 3.63) is 41.7 Å². The van der Waals surface area contributed by atoms with Crippen LogP contribution in [0, 0.1) is 0 Å². The first kappa shape index (κ1) is 21.0. The molecular formula is C18H23N5O5. The van der Waals surface area contributed by atoms with Gasteiger partial charge in [0, 0.05) is 0 Å². The molecule has 1 aromatic carbocycles. The number of Topliss-reactive ketones (excluding diaryl/α,β-unsaturated/α-hetero) is 1. The maximum absolute atomic E-state index is 12.5. The van der Waals surface area contributed by atoms with E-state index in [1.165, 1.54) is 4.68 Å². The van der Waals surface area contributed by atoms with Gasteiger partial charge in [0.25, 0.3) is 0 Å². The molecule has 0 spiro atoms. The SMILES string of the molecule is CCOC(=O)Cc1nnnn1CC(=O)C(CC)NC(=O)OCc1ccccc1. The van der Waals surface area contributed by atoms with Crippen LogP contribution in [0.3, 0.4) is 0 Å². The minimum Gasteiger partial charge on any atom is -0.466 e. The maximum atomic E-state index is 12.5. The molecule has 0 saturated carbocycles. The Morgan fingerprint density at radius 1 is 1.14 bits per heavy atom. The first-order chi connectivity index (χ1) is 13.5. The zero-order chi connectivity index (χ0) is 20.4. The third kappa shape index (κ3) is 6.45. The Morgan fingerprint density at radius 2 is 1.89 bits per heavy atom. The fourth-order valence-electron chi connectivity index (χ4n) is 2.39. The molecule has 0 aliphatic carbocycles. The molecule has 2 aromatic rings. The van der Waals surface area contributed by atoms with Crippen LogP contribution in [0.25, 0.3) is 0 Å². The molecular weight excluding hydrogens is 366 g/mol. The van der Waals surface area contributed by atoms with Crippen molar-refractivity contribution in [2.45, 2.75) is 45.9 Å². The van der Waals surface area contributed by atoms with Gasteiger partial charge in [-0.2, -0.15) is 0 Å². The predicted molar refractivity (Wildman–Crippen MR) is 97.0 cm³/mol. The summed E-state index contributed by atoms with van der Waals surface area (Å²) in [5, 5.41) is 13.5. The Hall–Kier alpha value is -3.30. The van der Waals surface area contributed by atoms with Gasteiger partial charge in [0.15, 0.2) is 11.6 Å². The number of alkyl carbamates (subject to hydrolysis) is 1. The van der Waals surface area contributed by atoms with E-state index in [4.69, 9.17) is 9.47 Å². The predicted octanol–water partition coefficient (Wildman–Crippen LogP) is 1.05. The van der Waals surface area contributed by atoms with E-state index in [1.54, 1.807) is 13.8 Å². The summed E-state index contributed by atoms with van der Waals surface area (Å²) in [6.45, 7) is 3.62. The fourth-order valence-corrected chi connectivity index (χ4v) is 2.39. The van der Waals surface area contributed by atoms with Crippen molar-refractivity contribution in [3.8, 4) is 0 Å². The van der Waals surface area contributed by atoms with Crippen LogP contribution in [0.1, 0.15) is 31.7 Å². The summed E-state index contributed by atoms with van der Waals surface area (Å²) in [6.07, 6.45) is -0.459. The number of nitrogens with one attached hydrogen (secondary N) is 1. The lowest BCUT2D eigenvalue weighted by Crippen LogP contribution is -2.42. The number of hydrogen-bond acceptors (Lipinski definition) is 8. The summed E-state index contributed by atoms with van der Waals surface area (Å²) in [7, 11) is 0. The molecule has 2 rings (SSSR count). The van der Waals surface area contributed by atoms with Gasteiger partial charge in [0.2, 0.25) is 0 Å². The molecule has 0 radical (unpaired) electrons. The number of hydrogen-bond donors (Lipinski definition) is 1. The van der Waals surface area contributed by atoms with Crippen molar-refractivity contribution < 1.29 is 23.9 Å². The van der Waals surface area contributed by atoms with Gasteiger partial charge in [0.05, 0.1) is 12.6 Å². The Bertz CT molecular complexity index is 793. The van der Waals surface area contributed by atoms with Crippen LogP contribution in [-0.2, 0) is 38.6 Å². The zero-order valence-corrected chi connectivity index (χ0v) is 15.8.